The van der Waals surface area contributed by atoms with Crippen molar-refractivity contribution >= 4 is 37.7 Å². The van der Waals surface area contributed by atoms with Crippen molar-refractivity contribution in [1.29, 1.82) is 0 Å². The zero-order valence-corrected chi connectivity index (χ0v) is 11.9. The first kappa shape index (κ1) is 14.3. The Kier molecular flexibility index (Phi) is 3.86. The lowest BCUT2D eigenvalue weighted by atomic mass is 10.1. The van der Waals surface area contributed by atoms with Gasteiger partial charge in [0.2, 0.25) is 11.9 Å². The maximum Gasteiger partial charge on any atom is 0.302 e. The normalized spacial score (nSPS) is 20.1. The molecule has 1 aromatic heterocycles. The van der Waals surface area contributed by atoms with Crippen molar-refractivity contribution in [2.75, 3.05) is 17.2 Å². The second kappa shape index (κ2) is 5.12. The molecule has 5 nitrogen and oxygen atoms in total. The molecule has 0 aliphatic carbocycles. The molecule has 1 saturated heterocycles. The molecule has 2 rings (SSSR count). The Balaban J connectivity index is 2.23. The summed E-state index contributed by atoms with van der Waals surface area (Å²) in [6.07, 6.45) is 1.11. The van der Waals surface area contributed by atoms with Gasteiger partial charge in [-0.3, -0.25) is 4.79 Å². The molecule has 1 aliphatic rings. The fourth-order valence-corrected chi connectivity index (χ4v) is 3.11. The Bertz CT molecular complexity index is 623. The van der Waals surface area contributed by atoms with E-state index in [4.69, 9.17) is 0 Å². The van der Waals surface area contributed by atoms with Gasteiger partial charge in [0.05, 0.1) is 5.75 Å². The molecule has 2 heterocycles. The quantitative estimate of drug-likeness (QED) is 0.611. The third kappa shape index (κ3) is 3.47. The van der Waals surface area contributed by atoms with Crippen molar-refractivity contribution < 1.29 is 21.5 Å². The van der Waals surface area contributed by atoms with Gasteiger partial charge >= 0.3 is 10.2 Å². The standard InChI is InChI=1S/C10H9BrF2N2O3S/c11-7-2-8(10(12)14-3-7)15-4-6(1-9(15)16)5-19(13,17)18/h2-3,6H,1,4-5H2. The molecule has 0 bridgehead atoms. The number of amides is 1. The van der Waals surface area contributed by atoms with Gasteiger partial charge < -0.3 is 4.90 Å². The maximum atomic E-state index is 13.5. The van der Waals surface area contributed by atoms with E-state index in [0.29, 0.717) is 4.47 Å². The molecule has 0 spiro atoms. The predicted molar refractivity (Wildman–Crippen MR) is 67.2 cm³/mol. The van der Waals surface area contributed by atoms with Gasteiger partial charge in [0, 0.05) is 29.6 Å². The summed E-state index contributed by atoms with van der Waals surface area (Å²) in [5, 5.41) is 0. The first-order chi connectivity index (χ1) is 8.76. The molecular formula is C10H9BrF2N2O3S. The zero-order valence-electron chi connectivity index (χ0n) is 9.51. The minimum atomic E-state index is -4.65. The van der Waals surface area contributed by atoms with Crippen LogP contribution in [0.2, 0.25) is 0 Å². The highest BCUT2D eigenvalue weighted by atomic mass is 79.9. The Morgan fingerprint density at radius 1 is 1.53 bits per heavy atom. The van der Waals surface area contributed by atoms with Crippen LogP contribution < -0.4 is 4.90 Å². The van der Waals surface area contributed by atoms with Gasteiger partial charge in [-0.15, -0.1) is 3.89 Å². The van der Waals surface area contributed by atoms with Gasteiger partial charge in [-0.1, -0.05) is 0 Å². The van der Waals surface area contributed by atoms with Crippen LogP contribution in [0.5, 0.6) is 0 Å². The molecule has 0 aromatic carbocycles. The van der Waals surface area contributed by atoms with Gasteiger partial charge in [-0.25, -0.2) is 4.98 Å². The summed E-state index contributed by atoms with van der Waals surface area (Å²) in [7, 11) is -4.65. The lowest BCUT2D eigenvalue weighted by molar-refractivity contribution is -0.117. The van der Waals surface area contributed by atoms with Gasteiger partial charge in [0.15, 0.2) is 0 Å². The van der Waals surface area contributed by atoms with Crippen molar-refractivity contribution in [3.8, 4) is 0 Å². The van der Waals surface area contributed by atoms with E-state index < -0.39 is 33.7 Å². The predicted octanol–water partition coefficient (Wildman–Crippen LogP) is 1.64. The lowest BCUT2D eigenvalue weighted by Gasteiger charge is -2.16. The Morgan fingerprint density at radius 2 is 2.21 bits per heavy atom. The van der Waals surface area contributed by atoms with E-state index >= 15 is 0 Å². The first-order valence-electron chi connectivity index (χ1n) is 5.30. The SMILES string of the molecule is O=C1CC(CS(=O)(=O)F)CN1c1cc(Br)cnc1F. The van der Waals surface area contributed by atoms with Crippen LogP contribution in [-0.2, 0) is 15.0 Å². The number of aromatic nitrogens is 1. The fourth-order valence-electron chi connectivity index (χ4n) is 2.01. The minimum Gasteiger partial charge on any atom is -0.308 e. The number of carbonyl (C=O) groups excluding carboxylic acids is 1. The number of pyridine rings is 1. The summed E-state index contributed by atoms with van der Waals surface area (Å²) in [6, 6.07) is 1.37. The monoisotopic (exact) mass is 354 g/mol. The van der Waals surface area contributed by atoms with Crippen molar-refractivity contribution in [3.05, 3.63) is 22.7 Å². The molecule has 0 saturated carbocycles. The highest BCUT2D eigenvalue weighted by Crippen LogP contribution is 2.29. The van der Waals surface area contributed by atoms with Crippen LogP contribution in [-0.4, -0.2) is 31.6 Å². The topological polar surface area (TPSA) is 67.3 Å². The smallest absolute Gasteiger partial charge is 0.302 e. The molecule has 9 heteroatoms. The molecule has 1 aromatic rings. The van der Waals surface area contributed by atoms with Crippen LogP contribution in [0, 0.1) is 11.9 Å². The third-order valence-electron chi connectivity index (χ3n) is 2.72. The van der Waals surface area contributed by atoms with Gasteiger partial charge in [-0.05, 0) is 22.0 Å². The number of carbonyl (C=O) groups is 1. The van der Waals surface area contributed by atoms with Crippen molar-refractivity contribution in [2.24, 2.45) is 5.92 Å². The fraction of sp³-hybridized carbons (Fsp3) is 0.400. The van der Waals surface area contributed by atoms with E-state index in [0.717, 1.165) is 4.90 Å². The molecular weight excluding hydrogens is 346 g/mol. The van der Waals surface area contributed by atoms with Crippen molar-refractivity contribution in [2.45, 2.75) is 6.42 Å². The molecule has 1 aliphatic heterocycles. The zero-order chi connectivity index (χ0) is 14.2. The second-order valence-electron chi connectivity index (χ2n) is 4.24. The minimum absolute atomic E-state index is 0.0434. The third-order valence-corrected chi connectivity index (χ3v) is 4.02. The Morgan fingerprint density at radius 3 is 2.84 bits per heavy atom. The van der Waals surface area contributed by atoms with Gasteiger partial charge in [0.1, 0.15) is 5.69 Å². The summed E-state index contributed by atoms with van der Waals surface area (Å²) in [6.45, 7) is -0.0446. The van der Waals surface area contributed by atoms with E-state index in [1.165, 1.54) is 12.3 Å². The largest absolute Gasteiger partial charge is 0.308 e. The van der Waals surface area contributed by atoms with Crippen LogP contribution in [0.3, 0.4) is 0 Å². The summed E-state index contributed by atoms with van der Waals surface area (Å²) >= 11 is 3.10. The number of anilines is 1. The van der Waals surface area contributed by atoms with E-state index in [2.05, 4.69) is 20.9 Å². The molecule has 1 amide bonds. The van der Waals surface area contributed by atoms with Crippen LogP contribution >= 0.6 is 15.9 Å². The average Bonchev–Trinajstić information content (AvgIpc) is 2.60. The van der Waals surface area contributed by atoms with Crippen LogP contribution in [0.15, 0.2) is 16.7 Å². The molecule has 104 valence electrons. The van der Waals surface area contributed by atoms with Crippen LogP contribution in [0.1, 0.15) is 6.42 Å². The van der Waals surface area contributed by atoms with Crippen LogP contribution in [0.25, 0.3) is 0 Å². The highest BCUT2D eigenvalue weighted by Gasteiger charge is 2.35. The molecule has 1 unspecified atom stereocenters. The van der Waals surface area contributed by atoms with E-state index in [-0.39, 0.29) is 18.7 Å². The summed E-state index contributed by atoms with van der Waals surface area (Å²) in [4.78, 5) is 16.3. The Labute approximate surface area is 117 Å². The first-order valence-corrected chi connectivity index (χ1v) is 7.64. The van der Waals surface area contributed by atoms with E-state index in [1.807, 2.05) is 0 Å². The maximum absolute atomic E-state index is 13.5. The van der Waals surface area contributed by atoms with Crippen molar-refractivity contribution in [3.63, 3.8) is 0 Å². The molecule has 1 atom stereocenters. The Hall–Kier alpha value is -1.09. The van der Waals surface area contributed by atoms with E-state index in [1.54, 1.807) is 0 Å². The van der Waals surface area contributed by atoms with Crippen molar-refractivity contribution in [1.82, 2.24) is 4.98 Å². The summed E-state index contributed by atoms with van der Waals surface area (Å²) in [5.41, 5.74) is -0.0434. The highest BCUT2D eigenvalue weighted by molar-refractivity contribution is 9.10. The number of halogens is 3. The van der Waals surface area contributed by atoms with E-state index in [9.17, 15) is 21.5 Å². The lowest BCUT2D eigenvalue weighted by Crippen LogP contribution is -2.26. The number of hydrogen-bond donors (Lipinski definition) is 0. The van der Waals surface area contributed by atoms with Gasteiger partial charge in [-0.2, -0.15) is 12.8 Å². The summed E-state index contributed by atoms with van der Waals surface area (Å²) < 4.78 is 47.8. The molecule has 0 N–H and O–H groups in total. The molecule has 19 heavy (non-hydrogen) atoms. The van der Waals surface area contributed by atoms with Crippen LogP contribution in [0.4, 0.5) is 14.0 Å². The number of rotatable bonds is 3. The average molecular weight is 355 g/mol. The number of nitrogens with zero attached hydrogens (tertiary/aromatic N) is 2. The molecule has 1 fully saturated rings. The summed E-state index contributed by atoms with van der Waals surface area (Å²) in [5.74, 6) is -2.70. The molecule has 0 radical (unpaired) electrons. The second-order valence-corrected chi connectivity index (χ2v) is 6.57. The van der Waals surface area contributed by atoms with Gasteiger partial charge in [0.25, 0.3) is 0 Å². The number of hydrogen-bond acceptors (Lipinski definition) is 4.